The second-order valence-electron chi connectivity index (χ2n) is 15.4. The number of hydrogen-bond donors (Lipinski definition) is 5. The molecule has 5 N–H and O–H groups in total. The number of esters is 2. The number of rotatable bonds is 44. The van der Waals surface area contributed by atoms with E-state index in [-0.39, 0.29) is 12.8 Å². The molecule has 354 valence electrons. The van der Waals surface area contributed by atoms with Gasteiger partial charge in [-0.1, -0.05) is 134 Å². The fourth-order valence-corrected chi connectivity index (χ4v) is 7.37. The third kappa shape index (κ3) is 41.9. The van der Waals surface area contributed by atoms with Crippen LogP contribution in [0.2, 0.25) is 0 Å². The highest BCUT2D eigenvalue weighted by atomic mass is 31.2. The molecule has 0 saturated carbocycles. The van der Waals surface area contributed by atoms with E-state index in [1.165, 1.54) is 77.0 Å². The van der Waals surface area contributed by atoms with Crippen LogP contribution in [0.4, 0.5) is 0 Å². The fraction of sp³-hybridized carbons (Fsp3) is 0.860. The highest BCUT2D eigenvalue weighted by Crippen LogP contribution is 2.45. The highest BCUT2D eigenvalue weighted by Gasteiger charge is 2.28. The van der Waals surface area contributed by atoms with Crippen LogP contribution in [0.5, 0.6) is 0 Å². The molecular weight excluding hydrogens is 818 g/mol. The fourth-order valence-electron chi connectivity index (χ4n) is 5.78. The highest BCUT2D eigenvalue weighted by molar-refractivity contribution is 7.47. The minimum absolute atomic E-state index is 0.187. The Kier molecular flexibility index (Phi) is 39.3. The van der Waals surface area contributed by atoms with Crippen LogP contribution in [-0.2, 0) is 46.3 Å². The zero-order chi connectivity index (χ0) is 44.6. The quantitative estimate of drug-likeness (QED) is 0.0166. The van der Waals surface area contributed by atoms with Crippen molar-refractivity contribution in [2.45, 2.75) is 199 Å². The van der Waals surface area contributed by atoms with Crippen LogP contribution in [0.25, 0.3) is 0 Å². The predicted molar refractivity (Wildman–Crippen MR) is 233 cm³/mol. The van der Waals surface area contributed by atoms with Crippen LogP contribution in [-0.4, -0.2) is 95.0 Å². The molecule has 5 unspecified atom stereocenters. The minimum atomic E-state index is -4.78. The van der Waals surface area contributed by atoms with Gasteiger partial charge in [0.2, 0.25) is 0 Å². The third-order valence-electron chi connectivity index (χ3n) is 9.38. The van der Waals surface area contributed by atoms with Gasteiger partial charge < -0.3 is 34.6 Å². The van der Waals surface area contributed by atoms with Crippen LogP contribution >= 0.6 is 15.6 Å². The van der Waals surface area contributed by atoms with Crippen molar-refractivity contribution in [3.8, 4) is 0 Å². The maximum absolute atomic E-state index is 12.1. The zero-order valence-corrected chi connectivity index (χ0v) is 38.7. The van der Waals surface area contributed by atoms with Crippen molar-refractivity contribution in [2.75, 3.05) is 39.6 Å². The maximum atomic E-state index is 12.1. The normalized spacial score (nSPS) is 15.5. The average Bonchev–Trinajstić information content (AvgIpc) is 3.22. The maximum Gasteiger partial charge on any atom is 0.472 e. The molecule has 0 aromatic rings. The molecule has 0 fully saturated rings. The molecule has 0 amide bonds. The number of unbranched alkanes of at least 4 members (excludes halogenated alkanes) is 20. The van der Waals surface area contributed by atoms with E-state index in [0.717, 1.165) is 64.2 Å². The van der Waals surface area contributed by atoms with E-state index >= 15 is 0 Å². The molecule has 0 spiro atoms. The Bertz CT molecular complexity index is 1190. The standard InChI is InChI=1S/C43H82O15P2/c1-3-5-7-9-11-13-15-16-17-18-19-20-22-24-26-28-30-32-43(48)54-34-40(45)36-56-60(51,52)58-38-41(46)37-57-59(49,50)55-35-39(44)33-53-42(47)31-29-27-25-23-21-14-12-10-8-6-4-2/h10,12,16-17,39-41,44-46H,3-9,11,13-15,18-38H2,1-2H3,(H,49,50)(H,51,52)/b12-10-,17-16+. The van der Waals surface area contributed by atoms with Crippen LogP contribution in [0, 0.1) is 0 Å². The van der Waals surface area contributed by atoms with Crippen molar-refractivity contribution in [1.29, 1.82) is 0 Å². The predicted octanol–water partition coefficient (Wildman–Crippen LogP) is 9.72. The van der Waals surface area contributed by atoms with E-state index in [4.69, 9.17) is 9.47 Å². The summed E-state index contributed by atoms with van der Waals surface area (Å²) in [6, 6.07) is 0. The molecule has 0 radical (unpaired) electrons. The molecule has 0 saturated heterocycles. The van der Waals surface area contributed by atoms with E-state index in [0.29, 0.717) is 12.8 Å². The number of hydrogen-bond acceptors (Lipinski definition) is 13. The van der Waals surface area contributed by atoms with Crippen molar-refractivity contribution in [3.63, 3.8) is 0 Å². The van der Waals surface area contributed by atoms with Gasteiger partial charge in [0, 0.05) is 12.8 Å². The number of carbonyl (C=O) groups is 2. The largest absolute Gasteiger partial charge is 0.472 e. The van der Waals surface area contributed by atoms with Crippen LogP contribution in [0.15, 0.2) is 24.3 Å². The first-order valence-electron chi connectivity index (χ1n) is 22.7. The Morgan fingerprint density at radius 2 is 0.683 bits per heavy atom. The van der Waals surface area contributed by atoms with Gasteiger partial charge in [-0.2, -0.15) is 0 Å². The third-order valence-corrected chi connectivity index (χ3v) is 11.3. The molecule has 0 aliphatic carbocycles. The van der Waals surface area contributed by atoms with E-state index in [2.05, 4.69) is 56.2 Å². The number of phosphoric acid groups is 2. The van der Waals surface area contributed by atoms with Crippen LogP contribution < -0.4 is 0 Å². The van der Waals surface area contributed by atoms with Crippen LogP contribution in [0.1, 0.15) is 181 Å². The zero-order valence-electron chi connectivity index (χ0n) is 36.9. The van der Waals surface area contributed by atoms with E-state index in [1.807, 2.05) is 0 Å². The van der Waals surface area contributed by atoms with Gasteiger partial charge in [-0.3, -0.25) is 27.7 Å². The topological polar surface area (TPSA) is 225 Å². The lowest BCUT2D eigenvalue weighted by molar-refractivity contribution is -0.148. The number of ether oxygens (including phenoxy) is 2. The summed E-state index contributed by atoms with van der Waals surface area (Å²) in [4.78, 5) is 43.6. The summed E-state index contributed by atoms with van der Waals surface area (Å²) in [6.07, 6.45) is 31.8. The first-order chi connectivity index (χ1) is 28.8. The Labute approximate surface area is 361 Å². The Hall–Kier alpha value is -1.48. The summed E-state index contributed by atoms with van der Waals surface area (Å²) in [5, 5.41) is 29.9. The monoisotopic (exact) mass is 901 g/mol. The SMILES string of the molecule is CCCC/C=C\CCCCCCCC(=O)OCC(O)COP(=O)(O)OCC(O)COP(=O)(O)OCC(O)COC(=O)CCCCCCCCC/C=C/CCCCCCCC. The lowest BCUT2D eigenvalue weighted by atomic mass is 10.1. The molecule has 0 aromatic carbocycles. The summed E-state index contributed by atoms with van der Waals surface area (Å²) in [7, 11) is -9.56. The molecule has 0 aliphatic heterocycles. The Morgan fingerprint density at radius 1 is 0.417 bits per heavy atom. The minimum Gasteiger partial charge on any atom is -0.463 e. The van der Waals surface area contributed by atoms with Crippen molar-refractivity contribution >= 4 is 27.6 Å². The van der Waals surface area contributed by atoms with Gasteiger partial charge in [0.1, 0.15) is 31.5 Å². The van der Waals surface area contributed by atoms with Gasteiger partial charge in [-0.25, -0.2) is 9.13 Å². The molecule has 17 heteroatoms. The lowest BCUT2D eigenvalue weighted by Crippen LogP contribution is -2.25. The van der Waals surface area contributed by atoms with Gasteiger partial charge in [0.05, 0.1) is 26.4 Å². The van der Waals surface area contributed by atoms with Gasteiger partial charge >= 0.3 is 27.6 Å². The molecule has 60 heavy (non-hydrogen) atoms. The number of aliphatic hydroxyl groups is 3. The summed E-state index contributed by atoms with van der Waals surface area (Å²) in [5.74, 6) is -1.01. The van der Waals surface area contributed by atoms with E-state index in [1.54, 1.807) is 0 Å². The first kappa shape index (κ1) is 58.5. The molecular formula is C43H82O15P2. The average molecular weight is 901 g/mol. The Morgan fingerprint density at radius 3 is 1.02 bits per heavy atom. The summed E-state index contributed by atoms with van der Waals surface area (Å²) < 4.78 is 52.8. The Balaban J connectivity index is 3.90. The van der Waals surface area contributed by atoms with Gasteiger partial charge in [-0.05, 0) is 57.8 Å². The van der Waals surface area contributed by atoms with Crippen molar-refractivity contribution in [1.82, 2.24) is 0 Å². The molecule has 15 nitrogen and oxygen atoms in total. The van der Waals surface area contributed by atoms with E-state index < -0.39 is 85.5 Å². The number of aliphatic hydroxyl groups excluding tert-OH is 3. The van der Waals surface area contributed by atoms with Crippen LogP contribution in [0.3, 0.4) is 0 Å². The van der Waals surface area contributed by atoms with Gasteiger partial charge in [-0.15, -0.1) is 0 Å². The van der Waals surface area contributed by atoms with Crippen molar-refractivity contribution in [3.05, 3.63) is 24.3 Å². The second-order valence-corrected chi connectivity index (χ2v) is 18.3. The summed E-state index contributed by atoms with van der Waals surface area (Å²) in [6.45, 7) is 0.359. The molecule has 0 rings (SSSR count). The summed E-state index contributed by atoms with van der Waals surface area (Å²) in [5.41, 5.74) is 0. The number of allylic oxidation sites excluding steroid dienone is 4. The lowest BCUT2D eigenvalue weighted by Gasteiger charge is -2.19. The molecule has 0 aromatic heterocycles. The smallest absolute Gasteiger partial charge is 0.463 e. The summed E-state index contributed by atoms with van der Waals surface area (Å²) >= 11 is 0. The number of carbonyl (C=O) groups excluding carboxylic acids is 2. The van der Waals surface area contributed by atoms with Gasteiger partial charge in [0.15, 0.2) is 0 Å². The van der Waals surface area contributed by atoms with Gasteiger partial charge in [0.25, 0.3) is 0 Å². The van der Waals surface area contributed by atoms with Crippen molar-refractivity contribution in [2.24, 2.45) is 0 Å². The molecule has 0 bridgehead atoms. The van der Waals surface area contributed by atoms with E-state index in [9.17, 15) is 43.8 Å². The molecule has 0 heterocycles. The first-order valence-corrected chi connectivity index (χ1v) is 25.7. The molecule has 0 aliphatic rings. The second kappa shape index (κ2) is 40.3. The number of phosphoric ester groups is 2. The van der Waals surface area contributed by atoms with Crippen molar-refractivity contribution < 1.29 is 71.4 Å². The molecule has 5 atom stereocenters.